The first-order valence-electron chi connectivity index (χ1n) is 7.85. The summed E-state index contributed by atoms with van der Waals surface area (Å²) in [5, 5.41) is 12.4. The van der Waals surface area contributed by atoms with Crippen molar-refractivity contribution in [3.8, 4) is 17.6 Å². The lowest BCUT2D eigenvalue weighted by atomic mass is 10.0. The standard InChI is InChI=1S/C19H20N2O2/c1-14(21-12-17-4-2-3-16(9-17)11-20)5-6-15-7-8-18-19(10-15)23-13-22-18/h2-4,7-10,14,21H,5-6,12-13H2,1H3. The Balaban J connectivity index is 1.48. The molecule has 0 saturated heterocycles. The van der Waals surface area contributed by atoms with Crippen LogP contribution in [0.5, 0.6) is 11.5 Å². The fraction of sp³-hybridized carbons (Fsp3) is 0.316. The number of nitrogens with zero attached hydrogens (tertiary/aromatic N) is 1. The van der Waals surface area contributed by atoms with Crippen molar-refractivity contribution in [3.05, 3.63) is 59.2 Å². The average Bonchev–Trinajstić information content (AvgIpc) is 3.06. The molecule has 2 aromatic rings. The Morgan fingerprint density at radius 1 is 1.13 bits per heavy atom. The normalized spacial score (nSPS) is 13.6. The predicted molar refractivity (Wildman–Crippen MR) is 88.3 cm³/mol. The monoisotopic (exact) mass is 308 g/mol. The van der Waals surface area contributed by atoms with Crippen LogP contribution in [0.1, 0.15) is 30.0 Å². The van der Waals surface area contributed by atoms with Crippen LogP contribution in [0.3, 0.4) is 0 Å². The van der Waals surface area contributed by atoms with E-state index in [1.165, 1.54) is 5.56 Å². The fourth-order valence-electron chi connectivity index (χ4n) is 2.62. The minimum absolute atomic E-state index is 0.318. The first-order valence-corrected chi connectivity index (χ1v) is 7.85. The second kappa shape index (κ2) is 7.17. The molecular formula is C19H20N2O2. The Bertz CT molecular complexity index is 722. The van der Waals surface area contributed by atoms with Crippen LogP contribution in [-0.2, 0) is 13.0 Å². The molecule has 1 unspecified atom stereocenters. The average molecular weight is 308 g/mol. The van der Waals surface area contributed by atoms with E-state index in [0.29, 0.717) is 18.4 Å². The summed E-state index contributed by atoms with van der Waals surface area (Å²) in [6.45, 7) is 3.28. The highest BCUT2D eigenvalue weighted by Gasteiger charge is 2.13. The number of nitrogens with one attached hydrogen (secondary N) is 1. The van der Waals surface area contributed by atoms with Crippen LogP contribution in [0.15, 0.2) is 42.5 Å². The van der Waals surface area contributed by atoms with E-state index in [9.17, 15) is 0 Å². The molecule has 3 rings (SSSR count). The zero-order valence-electron chi connectivity index (χ0n) is 13.2. The van der Waals surface area contributed by atoms with Crippen LogP contribution in [0, 0.1) is 11.3 Å². The summed E-state index contributed by atoms with van der Waals surface area (Å²) >= 11 is 0. The van der Waals surface area contributed by atoms with Crippen molar-refractivity contribution in [2.24, 2.45) is 0 Å². The van der Waals surface area contributed by atoms with Crippen molar-refractivity contribution in [1.82, 2.24) is 5.32 Å². The Morgan fingerprint density at radius 2 is 2.00 bits per heavy atom. The minimum atomic E-state index is 0.318. The van der Waals surface area contributed by atoms with E-state index in [-0.39, 0.29) is 0 Å². The van der Waals surface area contributed by atoms with Crippen molar-refractivity contribution in [3.63, 3.8) is 0 Å². The molecule has 0 amide bonds. The van der Waals surface area contributed by atoms with Gasteiger partial charge in [0.1, 0.15) is 0 Å². The molecule has 1 aliphatic heterocycles. The van der Waals surface area contributed by atoms with Gasteiger partial charge in [-0.2, -0.15) is 5.26 Å². The number of hydrogen-bond donors (Lipinski definition) is 1. The van der Waals surface area contributed by atoms with E-state index in [2.05, 4.69) is 30.4 Å². The van der Waals surface area contributed by atoms with Crippen LogP contribution in [0.2, 0.25) is 0 Å². The molecule has 1 aliphatic rings. The highest BCUT2D eigenvalue weighted by atomic mass is 16.7. The number of fused-ring (bicyclic) bond motifs is 1. The van der Waals surface area contributed by atoms with Gasteiger partial charge in [-0.3, -0.25) is 0 Å². The maximum atomic E-state index is 8.93. The van der Waals surface area contributed by atoms with Crippen LogP contribution in [0.4, 0.5) is 0 Å². The van der Waals surface area contributed by atoms with Crippen LogP contribution >= 0.6 is 0 Å². The zero-order chi connectivity index (χ0) is 16.1. The summed E-state index contributed by atoms with van der Waals surface area (Å²) in [6.07, 6.45) is 2.03. The number of aryl methyl sites for hydroxylation is 1. The molecule has 1 N–H and O–H groups in total. The number of hydrogen-bond acceptors (Lipinski definition) is 4. The molecule has 0 saturated carbocycles. The number of rotatable bonds is 6. The van der Waals surface area contributed by atoms with Crippen LogP contribution in [0.25, 0.3) is 0 Å². The van der Waals surface area contributed by atoms with Crippen molar-refractivity contribution >= 4 is 0 Å². The number of benzene rings is 2. The third-order valence-electron chi connectivity index (χ3n) is 4.01. The maximum absolute atomic E-state index is 8.93. The molecule has 0 bridgehead atoms. The van der Waals surface area contributed by atoms with E-state index < -0.39 is 0 Å². The molecule has 0 radical (unpaired) electrons. The lowest BCUT2D eigenvalue weighted by molar-refractivity contribution is 0.174. The second-order valence-electron chi connectivity index (χ2n) is 5.82. The highest BCUT2D eigenvalue weighted by molar-refractivity contribution is 5.44. The summed E-state index contributed by atoms with van der Waals surface area (Å²) in [5.41, 5.74) is 3.10. The van der Waals surface area contributed by atoms with E-state index in [1.807, 2.05) is 30.3 Å². The maximum Gasteiger partial charge on any atom is 0.231 e. The Labute approximate surface area is 136 Å². The molecule has 23 heavy (non-hydrogen) atoms. The predicted octanol–water partition coefficient (Wildman–Crippen LogP) is 3.40. The van der Waals surface area contributed by atoms with Crippen LogP contribution < -0.4 is 14.8 Å². The molecule has 4 nitrogen and oxygen atoms in total. The lowest BCUT2D eigenvalue weighted by Crippen LogP contribution is -2.26. The number of ether oxygens (including phenoxy) is 2. The van der Waals surface area contributed by atoms with Gasteiger partial charge in [-0.15, -0.1) is 0 Å². The molecular weight excluding hydrogens is 288 g/mol. The minimum Gasteiger partial charge on any atom is -0.454 e. The second-order valence-corrected chi connectivity index (χ2v) is 5.82. The molecule has 118 valence electrons. The highest BCUT2D eigenvalue weighted by Crippen LogP contribution is 2.32. The van der Waals surface area contributed by atoms with Gasteiger partial charge in [-0.05, 0) is 55.2 Å². The van der Waals surface area contributed by atoms with Crippen molar-refractivity contribution in [1.29, 1.82) is 5.26 Å². The fourth-order valence-corrected chi connectivity index (χ4v) is 2.62. The van der Waals surface area contributed by atoms with Gasteiger partial charge in [-0.1, -0.05) is 18.2 Å². The van der Waals surface area contributed by atoms with Gasteiger partial charge < -0.3 is 14.8 Å². The summed E-state index contributed by atoms with van der Waals surface area (Å²) in [5.74, 6) is 1.67. The molecule has 1 heterocycles. The van der Waals surface area contributed by atoms with E-state index in [0.717, 1.165) is 36.4 Å². The molecule has 0 aliphatic carbocycles. The first-order chi connectivity index (χ1) is 11.2. The number of nitriles is 1. The summed E-state index contributed by atoms with van der Waals surface area (Å²) < 4.78 is 10.7. The Morgan fingerprint density at radius 3 is 2.87 bits per heavy atom. The van der Waals surface area contributed by atoms with Gasteiger partial charge in [-0.25, -0.2) is 0 Å². The van der Waals surface area contributed by atoms with Gasteiger partial charge in [0.05, 0.1) is 11.6 Å². The quantitative estimate of drug-likeness (QED) is 0.888. The van der Waals surface area contributed by atoms with E-state index >= 15 is 0 Å². The van der Waals surface area contributed by atoms with E-state index in [4.69, 9.17) is 14.7 Å². The lowest BCUT2D eigenvalue weighted by Gasteiger charge is -2.14. The Kier molecular flexibility index (Phi) is 4.80. The molecule has 2 aromatic carbocycles. The van der Waals surface area contributed by atoms with Crippen LogP contribution in [-0.4, -0.2) is 12.8 Å². The molecule has 1 atom stereocenters. The van der Waals surface area contributed by atoms with Gasteiger partial charge in [0, 0.05) is 12.6 Å². The summed E-state index contributed by atoms with van der Waals surface area (Å²) in [7, 11) is 0. The smallest absolute Gasteiger partial charge is 0.231 e. The molecule has 0 spiro atoms. The third kappa shape index (κ3) is 4.02. The van der Waals surface area contributed by atoms with Gasteiger partial charge in [0.2, 0.25) is 6.79 Å². The molecule has 0 aromatic heterocycles. The van der Waals surface area contributed by atoms with Gasteiger partial charge in [0.25, 0.3) is 0 Å². The Hall–Kier alpha value is -2.51. The third-order valence-corrected chi connectivity index (χ3v) is 4.01. The molecule has 0 fully saturated rings. The summed E-state index contributed by atoms with van der Waals surface area (Å²) in [6, 6.07) is 16.4. The van der Waals surface area contributed by atoms with E-state index in [1.54, 1.807) is 0 Å². The topological polar surface area (TPSA) is 54.3 Å². The van der Waals surface area contributed by atoms with Crippen molar-refractivity contribution in [2.75, 3.05) is 6.79 Å². The van der Waals surface area contributed by atoms with Gasteiger partial charge in [0.15, 0.2) is 11.5 Å². The van der Waals surface area contributed by atoms with Gasteiger partial charge >= 0.3 is 0 Å². The SMILES string of the molecule is CC(CCc1ccc2c(c1)OCO2)NCc1cccc(C#N)c1. The zero-order valence-corrected chi connectivity index (χ0v) is 13.2. The van der Waals surface area contributed by atoms with Crippen molar-refractivity contribution in [2.45, 2.75) is 32.4 Å². The first kappa shape index (κ1) is 15.4. The van der Waals surface area contributed by atoms with Crippen molar-refractivity contribution < 1.29 is 9.47 Å². The molecule has 4 heteroatoms. The largest absolute Gasteiger partial charge is 0.454 e. The summed E-state index contributed by atoms with van der Waals surface area (Å²) in [4.78, 5) is 0.